The van der Waals surface area contributed by atoms with Crippen LogP contribution in [0.25, 0.3) is 0 Å². The van der Waals surface area contributed by atoms with E-state index in [9.17, 15) is 0 Å². The maximum atomic E-state index is 5.84. The molecule has 1 N–H and O–H groups in total. The number of nitrogens with one attached hydrogen (secondary N) is 1. The molecular formula is C22H33N3OS. The number of hydrogen-bond acceptors (Lipinski definition) is 3. The van der Waals surface area contributed by atoms with Gasteiger partial charge in [0.15, 0.2) is 5.11 Å². The number of anilines is 1. The van der Waals surface area contributed by atoms with Crippen molar-refractivity contribution >= 4 is 23.0 Å². The van der Waals surface area contributed by atoms with Crippen LogP contribution in [0.3, 0.4) is 0 Å². The second-order valence-electron chi connectivity index (χ2n) is 7.80. The first-order chi connectivity index (χ1) is 13.1. The van der Waals surface area contributed by atoms with Crippen LogP contribution >= 0.6 is 12.2 Å². The number of ether oxygens (including phenoxy) is 1. The van der Waals surface area contributed by atoms with Crippen molar-refractivity contribution in [3.8, 4) is 0 Å². The number of hydrogen-bond donors (Lipinski definition) is 1. The lowest BCUT2D eigenvalue weighted by atomic mass is 9.94. The minimum atomic E-state index is 0.693. The Morgan fingerprint density at radius 1 is 1.26 bits per heavy atom. The van der Waals surface area contributed by atoms with E-state index in [-0.39, 0.29) is 0 Å². The highest BCUT2D eigenvalue weighted by molar-refractivity contribution is 7.80. The Balaban J connectivity index is 1.62. The molecule has 1 unspecified atom stereocenters. The molecule has 0 saturated carbocycles. The molecule has 0 bridgehead atoms. The van der Waals surface area contributed by atoms with Crippen molar-refractivity contribution in [2.45, 2.75) is 33.1 Å². The predicted octanol–water partition coefficient (Wildman–Crippen LogP) is 3.99. The molecule has 27 heavy (non-hydrogen) atoms. The predicted molar refractivity (Wildman–Crippen MR) is 117 cm³/mol. The van der Waals surface area contributed by atoms with Gasteiger partial charge >= 0.3 is 0 Å². The van der Waals surface area contributed by atoms with Gasteiger partial charge in [0.25, 0.3) is 0 Å². The van der Waals surface area contributed by atoms with Gasteiger partial charge in [0.05, 0.1) is 13.2 Å². The van der Waals surface area contributed by atoms with Gasteiger partial charge in [-0.3, -0.25) is 4.90 Å². The summed E-state index contributed by atoms with van der Waals surface area (Å²) in [6.07, 6.45) is 8.26. The summed E-state index contributed by atoms with van der Waals surface area (Å²) in [5.74, 6) is 0.693. The quantitative estimate of drug-likeness (QED) is 0.588. The van der Waals surface area contributed by atoms with Crippen LogP contribution in [-0.4, -0.2) is 60.8 Å². The van der Waals surface area contributed by atoms with Gasteiger partial charge in [-0.05, 0) is 62.9 Å². The van der Waals surface area contributed by atoms with Crippen LogP contribution in [-0.2, 0) is 4.74 Å². The summed E-state index contributed by atoms with van der Waals surface area (Å²) in [5.41, 5.74) is 3.64. The van der Waals surface area contributed by atoms with Gasteiger partial charge in [-0.1, -0.05) is 29.8 Å². The number of thiocarbonyl (C=S) groups is 1. The fraction of sp³-hybridized carbons (Fsp3) is 0.591. The number of benzene rings is 1. The second kappa shape index (κ2) is 10.2. The molecule has 1 aliphatic carbocycles. The molecule has 0 spiro atoms. The number of aryl methyl sites for hydroxylation is 2. The number of rotatable bonds is 6. The van der Waals surface area contributed by atoms with Crippen LogP contribution in [0.5, 0.6) is 0 Å². The molecule has 1 atom stereocenters. The molecular weight excluding hydrogens is 354 g/mol. The molecule has 4 nitrogen and oxygen atoms in total. The van der Waals surface area contributed by atoms with Crippen molar-refractivity contribution in [1.29, 1.82) is 0 Å². The highest BCUT2D eigenvalue weighted by Gasteiger charge is 2.19. The van der Waals surface area contributed by atoms with E-state index in [1.807, 2.05) is 0 Å². The molecule has 1 saturated heterocycles. The van der Waals surface area contributed by atoms with Crippen molar-refractivity contribution in [1.82, 2.24) is 9.80 Å². The first-order valence-electron chi connectivity index (χ1n) is 10.2. The third kappa shape index (κ3) is 6.30. The molecule has 3 rings (SSSR count). The van der Waals surface area contributed by atoms with Gasteiger partial charge in [-0.25, -0.2) is 0 Å². The normalized spacial score (nSPS) is 20.4. The average Bonchev–Trinajstić information content (AvgIpc) is 2.69. The number of morpholine rings is 1. The van der Waals surface area contributed by atoms with Crippen molar-refractivity contribution in [2.24, 2.45) is 5.92 Å². The summed E-state index contributed by atoms with van der Waals surface area (Å²) in [6, 6.07) is 6.48. The first kappa shape index (κ1) is 20.3. The molecule has 1 aromatic rings. The van der Waals surface area contributed by atoms with Crippen molar-refractivity contribution in [2.75, 3.05) is 51.3 Å². The fourth-order valence-corrected chi connectivity index (χ4v) is 4.12. The van der Waals surface area contributed by atoms with E-state index < -0.39 is 0 Å². The molecule has 1 aliphatic heterocycles. The summed E-state index contributed by atoms with van der Waals surface area (Å²) in [7, 11) is 0. The Kier molecular flexibility index (Phi) is 7.68. The van der Waals surface area contributed by atoms with Crippen LogP contribution < -0.4 is 5.32 Å². The molecule has 0 radical (unpaired) electrons. The first-order valence-corrected chi connectivity index (χ1v) is 10.6. The Hall–Kier alpha value is -1.43. The smallest absolute Gasteiger partial charge is 0.173 e. The molecule has 1 aromatic carbocycles. The highest BCUT2D eigenvalue weighted by Crippen LogP contribution is 2.21. The van der Waals surface area contributed by atoms with Gasteiger partial charge in [-0.15, -0.1) is 0 Å². The fourth-order valence-electron chi connectivity index (χ4n) is 3.84. The SMILES string of the molecule is Cc1ccc(NC(=S)N(CCN2CCOCC2)CC2CC=CCC2)c(C)c1. The summed E-state index contributed by atoms with van der Waals surface area (Å²) >= 11 is 5.84. The largest absolute Gasteiger partial charge is 0.379 e. The molecule has 1 heterocycles. The van der Waals surface area contributed by atoms with Gasteiger partial charge in [0.2, 0.25) is 0 Å². The monoisotopic (exact) mass is 387 g/mol. The van der Waals surface area contributed by atoms with E-state index in [0.29, 0.717) is 5.92 Å². The molecule has 148 valence electrons. The van der Waals surface area contributed by atoms with Crippen molar-refractivity contribution in [3.05, 3.63) is 41.5 Å². The van der Waals surface area contributed by atoms with Crippen LogP contribution in [0, 0.1) is 19.8 Å². The molecule has 2 aliphatic rings. The maximum Gasteiger partial charge on any atom is 0.173 e. The Labute approximate surface area is 169 Å². The van der Waals surface area contributed by atoms with Gasteiger partial charge in [0.1, 0.15) is 0 Å². The van der Waals surface area contributed by atoms with E-state index in [1.165, 1.54) is 30.4 Å². The zero-order chi connectivity index (χ0) is 19.1. The van der Waals surface area contributed by atoms with Crippen molar-refractivity contribution < 1.29 is 4.74 Å². The zero-order valence-electron chi connectivity index (χ0n) is 16.7. The van der Waals surface area contributed by atoms with Crippen LogP contribution in [0.4, 0.5) is 5.69 Å². The van der Waals surface area contributed by atoms with E-state index in [0.717, 1.165) is 56.7 Å². The van der Waals surface area contributed by atoms with Gasteiger partial charge < -0.3 is 15.0 Å². The maximum absolute atomic E-state index is 5.84. The van der Waals surface area contributed by atoms with E-state index in [1.54, 1.807) is 0 Å². The van der Waals surface area contributed by atoms with Gasteiger partial charge in [-0.2, -0.15) is 0 Å². The average molecular weight is 388 g/mol. The highest BCUT2D eigenvalue weighted by atomic mass is 32.1. The van der Waals surface area contributed by atoms with E-state index >= 15 is 0 Å². The summed E-state index contributed by atoms with van der Waals surface area (Å²) < 4.78 is 5.48. The number of allylic oxidation sites excluding steroid dienone is 2. The number of nitrogens with zero attached hydrogens (tertiary/aromatic N) is 2. The lowest BCUT2D eigenvalue weighted by molar-refractivity contribution is 0.0356. The van der Waals surface area contributed by atoms with Crippen LogP contribution in [0.1, 0.15) is 30.4 Å². The second-order valence-corrected chi connectivity index (χ2v) is 8.19. The zero-order valence-corrected chi connectivity index (χ0v) is 17.6. The van der Waals surface area contributed by atoms with E-state index in [2.05, 4.69) is 59.3 Å². The third-order valence-corrected chi connectivity index (χ3v) is 5.92. The summed E-state index contributed by atoms with van der Waals surface area (Å²) in [5, 5.41) is 4.36. The van der Waals surface area contributed by atoms with Crippen LogP contribution in [0.15, 0.2) is 30.4 Å². The molecule has 0 aromatic heterocycles. The standard InChI is InChI=1S/C22H33N3OS/c1-18-8-9-21(19(2)16-18)23-22(27)25(17-20-6-4-3-5-7-20)11-10-24-12-14-26-15-13-24/h3-4,8-9,16,20H,5-7,10-15,17H2,1-2H3,(H,23,27). The molecule has 1 fully saturated rings. The Morgan fingerprint density at radius 2 is 2.07 bits per heavy atom. The minimum absolute atomic E-state index is 0.693. The topological polar surface area (TPSA) is 27.7 Å². The third-order valence-electron chi connectivity index (χ3n) is 5.56. The summed E-state index contributed by atoms with van der Waals surface area (Å²) in [6.45, 7) is 11.1. The minimum Gasteiger partial charge on any atom is -0.379 e. The Morgan fingerprint density at radius 3 is 2.78 bits per heavy atom. The molecule has 0 amide bonds. The lowest BCUT2D eigenvalue weighted by Gasteiger charge is -2.34. The van der Waals surface area contributed by atoms with Crippen molar-refractivity contribution in [3.63, 3.8) is 0 Å². The Bertz CT molecular complexity index is 655. The van der Waals surface area contributed by atoms with Gasteiger partial charge in [0, 0.05) is 38.4 Å². The van der Waals surface area contributed by atoms with E-state index in [4.69, 9.17) is 17.0 Å². The lowest BCUT2D eigenvalue weighted by Crippen LogP contribution is -2.45. The molecule has 5 heteroatoms. The summed E-state index contributed by atoms with van der Waals surface area (Å²) in [4.78, 5) is 4.87. The van der Waals surface area contributed by atoms with Crippen LogP contribution in [0.2, 0.25) is 0 Å².